The molecule has 45 heavy (non-hydrogen) atoms. The van der Waals surface area contributed by atoms with Crippen LogP contribution in [0.1, 0.15) is 95.8 Å². The zero-order valence-corrected chi connectivity index (χ0v) is 26.3. The summed E-state index contributed by atoms with van der Waals surface area (Å²) in [6, 6.07) is 13.3. The fraction of sp³-hybridized carbons (Fsp3) is 0.485. The number of aromatic amines is 1. The predicted molar refractivity (Wildman–Crippen MR) is 167 cm³/mol. The highest BCUT2D eigenvalue weighted by Crippen LogP contribution is 2.46. The van der Waals surface area contributed by atoms with Gasteiger partial charge >= 0.3 is 0 Å². The third kappa shape index (κ3) is 6.59. The first-order valence-electron chi connectivity index (χ1n) is 15.7. The maximum Gasteiger partial charge on any atom is 0.251 e. The minimum atomic E-state index is -0.896. The number of aryl methyl sites for hydroxylation is 2. The van der Waals surface area contributed by atoms with Gasteiger partial charge in [-0.1, -0.05) is 17.3 Å². The quantitative estimate of drug-likeness (QED) is 0.253. The van der Waals surface area contributed by atoms with Crippen LogP contribution in [0.5, 0.6) is 0 Å². The number of aromatic nitrogens is 4. The highest BCUT2D eigenvalue weighted by atomic mass is 16.2. The maximum absolute atomic E-state index is 13.0. The molecule has 0 unspecified atom stereocenters. The van der Waals surface area contributed by atoms with Crippen LogP contribution < -0.4 is 16.0 Å². The second kappa shape index (κ2) is 13.6. The zero-order valence-electron chi connectivity index (χ0n) is 26.3. The molecular formula is C33H41N9O3. The summed E-state index contributed by atoms with van der Waals surface area (Å²) >= 11 is 0. The van der Waals surface area contributed by atoms with Crippen molar-refractivity contribution in [2.45, 2.75) is 83.3 Å². The molecule has 0 saturated carbocycles. The molecule has 0 spiro atoms. The van der Waals surface area contributed by atoms with Gasteiger partial charge in [-0.2, -0.15) is 10.5 Å². The van der Waals surface area contributed by atoms with E-state index in [1.54, 1.807) is 4.90 Å². The van der Waals surface area contributed by atoms with Gasteiger partial charge in [0, 0.05) is 29.8 Å². The van der Waals surface area contributed by atoms with Gasteiger partial charge < -0.3 is 20.9 Å². The van der Waals surface area contributed by atoms with Crippen molar-refractivity contribution in [2.75, 3.05) is 19.6 Å². The number of H-pyrrole nitrogens is 1. The monoisotopic (exact) mass is 611 g/mol. The summed E-state index contributed by atoms with van der Waals surface area (Å²) in [5.41, 5.74) is 4.08. The lowest BCUT2D eigenvalue weighted by Gasteiger charge is -2.34. The Bertz CT molecular complexity index is 1520. The molecule has 3 aromatic rings. The lowest BCUT2D eigenvalue weighted by Crippen LogP contribution is -2.42. The molecule has 2 aliphatic rings. The molecule has 3 amide bonds. The molecule has 4 N–H and O–H groups in total. The predicted octanol–water partition coefficient (Wildman–Crippen LogP) is 2.40. The number of tetrazole rings is 1. The van der Waals surface area contributed by atoms with Crippen molar-refractivity contribution in [3.63, 3.8) is 0 Å². The van der Waals surface area contributed by atoms with Crippen molar-refractivity contribution < 1.29 is 14.4 Å². The first-order chi connectivity index (χ1) is 21.6. The Hall–Kier alpha value is -4.63. The van der Waals surface area contributed by atoms with Crippen LogP contribution >= 0.6 is 0 Å². The number of nitriles is 1. The third-order valence-corrected chi connectivity index (χ3v) is 8.56. The van der Waals surface area contributed by atoms with Crippen molar-refractivity contribution in [1.82, 2.24) is 41.5 Å². The summed E-state index contributed by atoms with van der Waals surface area (Å²) < 4.78 is 0. The van der Waals surface area contributed by atoms with E-state index in [9.17, 15) is 19.6 Å². The normalized spacial score (nSPS) is 16.9. The number of carbonyl (C=O) groups excluding carboxylic acids is 3. The molecular weight excluding hydrogens is 570 g/mol. The molecule has 1 aromatic heterocycles. The Morgan fingerprint density at radius 2 is 1.60 bits per heavy atom. The molecule has 12 heteroatoms. The van der Waals surface area contributed by atoms with Crippen LogP contribution in [0, 0.1) is 11.3 Å². The Labute approximate surface area is 263 Å². The number of nitrogens with zero attached hydrogens (tertiary/aromatic N) is 5. The molecule has 1 fully saturated rings. The molecule has 12 nitrogen and oxygen atoms in total. The van der Waals surface area contributed by atoms with E-state index in [2.05, 4.69) is 42.6 Å². The van der Waals surface area contributed by atoms with E-state index in [1.807, 2.05) is 64.1 Å². The minimum Gasteiger partial charge on any atom is -0.350 e. The highest BCUT2D eigenvalue weighted by molar-refractivity contribution is 5.95. The van der Waals surface area contributed by atoms with Gasteiger partial charge in [0.1, 0.15) is 6.04 Å². The third-order valence-electron chi connectivity index (χ3n) is 8.56. The van der Waals surface area contributed by atoms with Crippen molar-refractivity contribution in [2.24, 2.45) is 0 Å². The standard InChI is InChI=1S/C33H41N9O3/c1-20(2)36-30(44)24-9-11-27-22(16-24)7-8-23-17-25(31(45)37-21(3)4)10-12-28(23)33(27,32-38-40-41-39-32)13-14-35-19-29(43)42-15-5-6-26(42)18-34/h9-12,16-17,20-21,26,35H,5-8,13-15,19H2,1-4H3,(H,36,44)(H,37,45)(H,38,39,40,41)/t26-/m0/s1. The Morgan fingerprint density at radius 3 is 2.11 bits per heavy atom. The van der Waals surface area contributed by atoms with E-state index in [0.29, 0.717) is 55.7 Å². The van der Waals surface area contributed by atoms with Gasteiger partial charge in [0.15, 0.2) is 5.82 Å². The van der Waals surface area contributed by atoms with Gasteiger partial charge in [0.25, 0.3) is 11.8 Å². The molecule has 1 aliphatic carbocycles. The number of likely N-dealkylation sites (tertiary alicyclic amines) is 1. The average molecular weight is 612 g/mol. The van der Waals surface area contributed by atoms with Crippen LogP contribution in [-0.2, 0) is 23.1 Å². The van der Waals surface area contributed by atoms with Gasteiger partial charge in [-0.3, -0.25) is 14.4 Å². The number of benzene rings is 2. The Morgan fingerprint density at radius 1 is 1.00 bits per heavy atom. The summed E-state index contributed by atoms with van der Waals surface area (Å²) in [4.78, 5) is 40.6. The molecule has 1 saturated heterocycles. The number of hydrogen-bond donors (Lipinski definition) is 4. The number of carbonyl (C=O) groups is 3. The van der Waals surface area contributed by atoms with Gasteiger partial charge in [-0.25, -0.2) is 0 Å². The summed E-state index contributed by atoms with van der Waals surface area (Å²) in [5, 5.41) is 34.2. The second-order valence-electron chi connectivity index (χ2n) is 12.4. The van der Waals surface area contributed by atoms with Crippen molar-refractivity contribution in [3.05, 3.63) is 75.6 Å². The molecule has 2 heterocycles. The zero-order chi connectivity index (χ0) is 32.1. The maximum atomic E-state index is 13.0. The number of nitrogens with one attached hydrogen (secondary N) is 4. The van der Waals surface area contributed by atoms with E-state index in [4.69, 9.17) is 0 Å². The topological polar surface area (TPSA) is 169 Å². The number of hydrogen-bond acceptors (Lipinski definition) is 8. The molecule has 5 rings (SSSR count). The largest absolute Gasteiger partial charge is 0.350 e. The molecule has 0 bridgehead atoms. The summed E-state index contributed by atoms with van der Waals surface area (Å²) in [6.07, 6.45) is 3.27. The average Bonchev–Trinajstić information content (AvgIpc) is 3.70. The highest BCUT2D eigenvalue weighted by Gasteiger charge is 2.44. The van der Waals surface area contributed by atoms with E-state index in [0.717, 1.165) is 28.7 Å². The first-order valence-corrected chi connectivity index (χ1v) is 15.7. The fourth-order valence-corrected chi connectivity index (χ4v) is 6.56. The van der Waals surface area contributed by atoms with Gasteiger partial charge in [0.05, 0.1) is 18.0 Å². The van der Waals surface area contributed by atoms with Crippen LogP contribution in [0.3, 0.4) is 0 Å². The van der Waals surface area contributed by atoms with Crippen LogP contribution in [0.2, 0.25) is 0 Å². The summed E-state index contributed by atoms with van der Waals surface area (Å²) in [6.45, 7) is 8.81. The summed E-state index contributed by atoms with van der Waals surface area (Å²) in [5.74, 6) is 0.0640. The van der Waals surface area contributed by atoms with Crippen LogP contribution in [0.4, 0.5) is 0 Å². The van der Waals surface area contributed by atoms with Crippen molar-refractivity contribution >= 4 is 17.7 Å². The SMILES string of the molecule is CC(C)NC(=O)c1ccc2c(c1)CCc1cc(C(=O)NC(C)C)ccc1C2(CCNCC(=O)N1CCC[C@H]1C#N)c1nn[nH]n1. The second-order valence-corrected chi connectivity index (χ2v) is 12.4. The van der Waals surface area contributed by atoms with E-state index in [1.165, 1.54) is 0 Å². The van der Waals surface area contributed by atoms with Crippen LogP contribution in [0.15, 0.2) is 36.4 Å². The fourth-order valence-electron chi connectivity index (χ4n) is 6.56. The van der Waals surface area contributed by atoms with E-state index < -0.39 is 5.41 Å². The van der Waals surface area contributed by atoms with Crippen LogP contribution in [-0.4, -0.2) is 81.0 Å². The minimum absolute atomic E-state index is 0.00725. The molecule has 0 radical (unpaired) electrons. The number of rotatable bonds is 10. The first kappa shape index (κ1) is 31.8. The van der Waals surface area contributed by atoms with Gasteiger partial charge in [0.2, 0.25) is 5.91 Å². The molecule has 1 aliphatic heterocycles. The number of amides is 3. The van der Waals surface area contributed by atoms with E-state index in [-0.39, 0.29) is 42.4 Å². The lowest BCUT2D eigenvalue weighted by molar-refractivity contribution is -0.130. The van der Waals surface area contributed by atoms with Gasteiger partial charge in [-0.15, -0.1) is 10.2 Å². The smallest absolute Gasteiger partial charge is 0.251 e. The van der Waals surface area contributed by atoms with Crippen molar-refractivity contribution in [3.8, 4) is 6.07 Å². The summed E-state index contributed by atoms with van der Waals surface area (Å²) in [7, 11) is 0. The van der Waals surface area contributed by atoms with Gasteiger partial charge in [-0.05, 0) is 113 Å². The lowest BCUT2D eigenvalue weighted by atomic mass is 9.69. The molecule has 2 aromatic carbocycles. The van der Waals surface area contributed by atoms with E-state index >= 15 is 0 Å². The Balaban J connectivity index is 1.55. The molecule has 236 valence electrons. The Kier molecular flexibility index (Phi) is 9.58. The number of fused-ring (bicyclic) bond motifs is 2. The van der Waals surface area contributed by atoms with Crippen molar-refractivity contribution in [1.29, 1.82) is 5.26 Å². The van der Waals surface area contributed by atoms with Crippen LogP contribution in [0.25, 0.3) is 0 Å². The molecule has 1 atom stereocenters.